The molecule has 3 rings (SSSR count). The van der Waals surface area contributed by atoms with Gasteiger partial charge in [0.05, 0.1) is 12.0 Å². The van der Waals surface area contributed by atoms with Gasteiger partial charge < -0.3 is 9.72 Å². The van der Waals surface area contributed by atoms with Crippen molar-refractivity contribution in [2.24, 2.45) is 5.92 Å². The second-order valence-electron chi connectivity index (χ2n) is 6.19. The predicted octanol–water partition coefficient (Wildman–Crippen LogP) is 3.59. The molecule has 0 radical (unpaired) electrons. The van der Waals surface area contributed by atoms with Crippen molar-refractivity contribution >= 4 is 28.3 Å². The summed E-state index contributed by atoms with van der Waals surface area (Å²) in [5.41, 5.74) is 1.58. The number of esters is 1. The van der Waals surface area contributed by atoms with Crippen LogP contribution < -0.4 is 0 Å². The topological polar surface area (TPSA) is 102 Å². The van der Waals surface area contributed by atoms with E-state index in [1.807, 2.05) is 24.3 Å². The molecule has 0 spiro atoms. The van der Waals surface area contributed by atoms with Crippen LogP contribution in [0.25, 0.3) is 10.9 Å². The van der Waals surface area contributed by atoms with Crippen LogP contribution in [0.15, 0.2) is 54.7 Å². The third-order valence-corrected chi connectivity index (χ3v) is 4.65. The molecule has 0 aliphatic rings. The molecule has 1 aromatic heterocycles. The molecule has 1 heterocycles. The van der Waals surface area contributed by atoms with Crippen molar-refractivity contribution in [3.05, 3.63) is 76.0 Å². The van der Waals surface area contributed by atoms with Gasteiger partial charge in [-0.2, -0.15) is 0 Å². The molecule has 0 bridgehead atoms. The van der Waals surface area contributed by atoms with E-state index in [0.717, 1.165) is 10.9 Å². The van der Waals surface area contributed by atoms with Gasteiger partial charge in [0.25, 0.3) is 5.69 Å². The van der Waals surface area contributed by atoms with E-state index >= 15 is 0 Å². The first kappa shape index (κ1) is 18.3. The van der Waals surface area contributed by atoms with E-state index in [2.05, 4.69) is 4.98 Å². The number of ether oxygens (including phenoxy) is 1. The predicted molar refractivity (Wildman–Crippen MR) is 99.4 cm³/mol. The maximum atomic E-state index is 12.5. The molecule has 0 saturated heterocycles. The summed E-state index contributed by atoms with van der Waals surface area (Å²) in [7, 11) is 1.20. The number of hydrogen-bond acceptors (Lipinski definition) is 5. The maximum Gasteiger partial charge on any atom is 0.317 e. The number of carbonyl (C=O) groups is 2. The molecular formula is C20H18N2O5. The van der Waals surface area contributed by atoms with E-state index in [0.29, 0.717) is 5.56 Å². The lowest BCUT2D eigenvalue weighted by Gasteiger charge is -2.23. The van der Waals surface area contributed by atoms with Crippen LogP contribution in [0, 0.1) is 16.0 Å². The van der Waals surface area contributed by atoms with Gasteiger partial charge in [0.2, 0.25) is 0 Å². The first-order valence-corrected chi connectivity index (χ1v) is 8.33. The number of Topliss-reactive ketones (excluding diaryl/α,β-unsaturated/α-hetero) is 1. The van der Waals surface area contributed by atoms with Crippen molar-refractivity contribution in [3.8, 4) is 0 Å². The zero-order chi connectivity index (χ0) is 19.6. The van der Waals surface area contributed by atoms with E-state index in [-0.39, 0.29) is 11.3 Å². The molecule has 3 aromatic rings. The zero-order valence-electron chi connectivity index (χ0n) is 14.8. The van der Waals surface area contributed by atoms with Crippen LogP contribution in [-0.4, -0.2) is 28.8 Å². The largest absolute Gasteiger partial charge is 0.468 e. The molecule has 0 amide bonds. The van der Waals surface area contributed by atoms with Gasteiger partial charge in [-0.25, -0.2) is 0 Å². The number of ketones is 1. The van der Waals surface area contributed by atoms with Gasteiger partial charge in [0.15, 0.2) is 0 Å². The van der Waals surface area contributed by atoms with Crippen LogP contribution in [0.5, 0.6) is 0 Å². The molecule has 7 heteroatoms. The number of nitro groups is 1. The smallest absolute Gasteiger partial charge is 0.317 e. The fraction of sp³-hybridized carbons (Fsp3) is 0.200. The van der Waals surface area contributed by atoms with Crippen LogP contribution in [0.1, 0.15) is 24.0 Å². The summed E-state index contributed by atoms with van der Waals surface area (Å²) in [4.78, 5) is 39.0. The van der Waals surface area contributed by atoms with E-state index in [1.54, 1.807) is 24.4 Å². The van der Waals surface area contributed by atoms with Crippen LogP contribution >= 0.6 is 0 Å². The maximum absolute atomic E-state index is 12.5. The number of para-hydroxylation sites is 2. The first-order valence-electron chi connectivity index (χ1n) is 8.33. The number of carbonyl (C=O) groups excluding carboxylic acids is 2. The number of nitrogens with one attached hydrogen (secondary N) is 1. The molecule has 0 fully saturated rings. The van der Waals surface area contributed by atoms with Gasteiger partial charge in [0.1, 0.15) is 11.7 Å². The minimum absolute atomic E-state index is 0.150. The summed E-state index contributed by atoms with van der Waals surface area (Å²) < 4.78 is 4.85. The highest BCUT2D eigenvalue weighted by Crippen LogP contribution is 2.41. The SMILES string of the molecule is COC(=O)C(C(C)=O)C(c1ccccc1[N+](=O)[O-])c1c[nH]c2ccccc12. The van der Waals surface area contributed by atoms with Crippen molar-refractivity contribution in [1.82, 2.24) is 4.98 Å². The number of methoxy groups -OCH3 is 1. The summed E-state index contributed by atoms with van der Waals surface area (Å²) in [6.07, 6.45) is 1.69. The Morgan fingerprint density at radius 3 is 2.41 bits per heavy atom. The quantitative estimate of drug-likeness (QED) is 0.311. The van der Waals surface area contributed by atoms with Gasteiger partial charge in [-0.3, -0.25) is 19.7 Å². The lowest BCUT2D eigenvalue weighted by molar-refractivity contribution is -0.385. The lowest BCUT2D eigenvalue weighted by Crippen LogP contribution is -2.30. The highest BCUT2D eigenvalue weighted by molar-refractivity contribution is 6.00. The van der Waals surface area contributed by atoms with Crippen LogP contribution in [0.3, 0.4) is 0 Å². The van der Waals surface area contributed by atoms with E-state index in [4.69, 9.17) is 4.74 Å². The third kappa shape index (κ3) is 3.31. The molecule has 7 nitrogen and oxygen atoms in total. The van der Waals surface area contributed by atoms with Crippen LogP contribution in [0.4, 0.5) is 5.69 Å². The number of aromatic nitrogens is 1. The monoisotopic (exact) mass is 366 g/mol. The number of nitro benzene ring substituents is 1. The zero-order valence-corrected chi connectivity index (χ0v) is 14.8. The average molecular weight is 366 g/mol. The van der Waals surface area contributed by atoms with Crippen molar-refractivity contribution in [2.75, 3.05) is 7.11 Å². The number of rotatable bonds is 6. The number of hydrogen-bond donors (Lipinski definition) is 1. The molecule has 2 atom stereocenters. The van der Waals surface area contributed by atoms with E-state index < -0.39 is 28.5 Å². The molecule has 1 N–H and O–H groups in total. The lowest BCUT2D eigenvalue weighted by atomic mass is 9.78. The fourth-order valence-electron chi connectivity index (χ4n) is 3.46. The Morgan fingerprint density at radius 1 is 1.07 bits per heavy atom. The Morgan fingerprint density at radius 2 is 1.74 bits per heavy atom. The Bertz CT molecular complexity index is 1020. The number of H-pyrrole nitrogens is 1. The van der Waals surface area contributed by atoms with Gasteiger partial charge in [0, 0.05) is 34.6 Å². The first-order chi connectivity index (χ1) is 13.0. The highest BCUT2D eigenvalue weighted by atomic mass is 16.6. The van der Waals surface area contributed by atoms with E-state index in [9.17, 15) is 19.7 Å². The van der Waals surface area contributed by atoms with Gasteiger partial charge in [-0.1, -0.05) is 36.4 Å². The third-order valence-electron chi connectivity index (χ3n) is 4.65. The number of fused-ring (bicyclic) bond motifs is 1. The van der Waals surface area contributed by atoms with Gasteiger partial charge in [-0.15, -0.1) is 0 Å². The minimum atomic E-state index is -1.20. The average Bonchev–Trinajstić information content (AvgIpc) is 3.09. The highest BCUT2D eigenvalue weighted by Gasteiger charge is 2.39. The number of nitrogens with zero attached hydrogens (tertiary/aromatic N) is 1. The standard InChI is InChI=1S/C20H18N2O5/c1-12(23)18(20(24)27-2)19(14-8-4-6-10-17(14)22(25)26)15-11-21-16-9-5-3-7-13(15)16/h3-11,18-19,21H,1-2H3. The molecule has 27 heavy (non-hydrogen) atoms. The summed E-state index contributed by atoms with van der Waals surface area (Å²) in [6.45, 7) is 1.29. The fourth-order valence-corrected chi connectivity index (χ4v) is 3.46. The molecular weight excluding hydrogens is 348 g/mol. The summed E-state index contributed by atoms with van der Waals surface area (Å²) in [5, 5.41) is 12.4. The molecule has 0 aliphatic heterocycles. The van der Waals surface area contributed by atoms with Crippen molar-refractivity contribution < 1.29 is 19.2 Å². The molecule has 2 aromatic carbocycles. The summed E-state index contributed by atoms with van der Waals surface area (Å²) in [5.74, 6) is -3.20. The van der Waals surface area contributed by atoms with Crippen molar-refractivity contribution in [1.29, 1.82) is 0 Å². The van der Waals surface area contributed by atoms with Crippen LogP contribution in [0.2, 0.25) is 0 Å². The second kappa shape index (κ2) is 7.41. The molecule has 0 saturated carbocycles. The van der Waals surface area contributed by atoms with Crippen molar-refractivity contribution in [3.63, 3.8) is 0 Å². The minimum Gasteiger partial charge on any atom is -0.468 e. The Hall–Kier alpha value is -3.48. The van der Waals surface area contributed by atoms with E-state index in [1.165, 1.54) is 20.1 Å². The number of benzene rings is 2. The Labute approximate surface area is 155 Å². The van der Waals surface area contributed by atoms with Crippen LogP contribution in [-0.2, 0) is 14.3 Å². The summed E-state index contributed by atoms with van der Waals surface area (Å²) >= 11 is 0. The second-order valence-corrected chi connectivity index (χ2v) is 6.19. The Kier molecular flexibility index (Phi) is 5.03. The molecule has 2 unspecified atom stereocenters. The Balaban J connectivity index is 2.32. The van der Waals surface area contributed by atoms with Crippen molar-refractivity contribution in [2.45, 2.75) is 12.8 Å². The number of aromatic amines is 1. The van der Waals surface area contributed by atoms with Gasteiger partial charge >= 0.3 is 5.97 Å². The molecule has 0 aliphatic carbocycles. The summed E-state index contributed by atoms with van der Waals surface area (Å²) in [6, 6.07) is 13.5. The van der Waals surface area contributed by atoms with Gasteiger partial charge in [-0.05, 0) is 18.6 Å². The normalized spacial score (nSPS) is 13.1. The molecule has 138 valence electrons.